The van der Waals surface area contributed by atoms with Crippen LogP contribution in [0.5, 0.6) is 0 Å². The van der Waals surface area contributed by atoms with Crippen molar-refractivity contribution in [3.8, 4) is 0 Å². The molecule has 0 aromatic carbocycles. The smallest absolute Gasteiger partial charge is 0.308 e. The highest BCUT2D eigenvalue weighted by Gasteiger charge is 2.26. The predicted octanol–water partition coefficient (Wildman–Crippen LogP) is 3.31. The van der Waals surface area contributed by atoms with Crippen molar-refractivity contribution in [2.24, 2.45) is 5.92 Å². The Morgan fingerprint density at radius 3 is 2.59 bits per heavy atom. The van der Waals surface area contributed by atoms with Crippen molar-refractivity contribution < 1.29 is 14.3 Å². The summed E-state index contributed by atoms with van der Waals surface area (Å²) in [4.78, 5) is 11.5. The normalized spacial score (nSPS) is 24.9. The molecule has 3 heteroatoms. The van der Waals surface area contributed by atoms with Crippen LogP contribution >= 0.6 is 0 Å². The summed E-state index contributed by atoms with van der Waals surface area (Å²) in [6.45, 7) is 8.36. The largest absolute Gasteiger partial charge is 0.460 e. The number of hydrogen-bond acceptors (Lipinski definition) is 3. The van der Waals surface area contributed by atoms with Gasteiger partial charge in [0.2, 0.25) is 0 Å². The van der Waals surface area contributed by atoms with Gasteiger partial charge in [0, 0.05) is 0 Å². The fraction of sp³-hybridized carbons (Fsp3) is 0.929. The van der Waals surface area contributed by atoms with Gasteiger partial charge < -0.3 is 9.47 Å². The van der Waals surface area contributed by atoms with Crippen molar-refractivity contribution in [2.75, 3.05) is 6.61 Å². The maximum absolute atomic E-state index is 11.5. The first-order valence-corrected chi connectivity index (χ1v) is 6.76. The van der Waals surface area contributed by atoms with E-state index in [0.717, 1.165) is 6.42 Å². The predicted molar refractivity (Wildman–Crippen MR) is 67.8 cm³/mol. The van der Waals surface area contributed by atoms with Gasteiger partial charge >= 0.3 is 5.97 Å². The molecule has 0 bridgehead atoms. The van der Waals surface area contributed by atoms with Crippen LogP contribution in [0.15, 0.2) is 0 Å². The van der Waals surface area contributed by atoms with Crippen LogP contribution in [0.3, 0.4) is 0 Å². The quantitative estimate of drug-likeness (QED) is 0.694. The van der Waals surface area contributed by atoms with E-state index in [9.17, 15) is 4.79 Å². The van der Waals surface area contributed by atoms with Crippen molar-refractivity contribution in [2.45, 2.75) is 71.5 Å². The van der Waals surface area contributed by atoms with E-state index in [4.69, 9.17) is 9.47 Å². The zero-order chi connectivity index (χ0) is 12.9. The van der Waals surface area contributed by atoms with Gasteiger partial charge in [-0.05, 0) is 39.5 Å². The fourth-order valence-corrected chi connectivity index (χ4v) is 2.38. The molecule has 0 amide bonds. The third-order valence-electron chi connectivity index (χ3n) is 3.17. The van der Waals surface area contributed by atoms with Crippen LogP contribution in [-0.4, -0.2) is 24.3 Å². The Bertz CT molecular complexity index is 242. The SMILES string of the molecule is CC[C@@H]1CCC[C@H]1OCCC(=O)OC(C)(C)C. The van der Waals surface area contributed by atoms with Crippen molar-refractivity contribution in [1.29, 1.82) is 0 Å². The monoisotopic (exact) mass is 242 g/mol. The van der Waals surface area contributed by atoms with Gasteiger partial charge in [0.05, 0.1) is 19.1 Å². The first-order valence-electron chi connectivity index (χ1n) is 6.76. The third kappa shape index (κ3) is 5.53. The molecule has 1 aliphatic rings. The highest BCUT2D eigenvalue weighted by atomic mass is 16.6. The molecule has 0 saturated heterocycles. The summed E-state index contributed by atoms with van der Waals surface area (Å²) in [6.07, 6.45) is 5.58. The molecule has 1 rings (SSSR count). The Labute approximate surface area is 105 Å². The van der Waals surface area contributed by atoms with Crippen LogP contribution in [0.1, 0.15) is 59.8 Å². The average molecular weight is 242 g/mol. The van der Waals surface area contributed by atoms with E-state index in [1.807, 2.05) is 20.8 Å². The number of hydrogen-bond donors (Lipinski definition) is 0. The molecule has 0 aromatic rings. The minimum Gasteiger partial charge on any atom is -0.460 e. The number of carbonyl (C=O) groups excluding carboxylic acids is 1. The second kappa shape index (κ2) is 6.39. The highest BCUT2D eigenvalue weighted by Crippen LogP contribution is 2.30. The highest BCUT2D eigenvalue weighted by molar-refractivity contribution is 5.69. The lowest BCUT2D eigenvalue weighted by atomic mass is 10.0. The van der Waals surface area contributed by atoms with Gasteiger partial charge in [0.15, 0.2) is 0 Å². The molecule has 1 aliphatic carbocycles. The molecule has 1 fully saturated rings. The van der Waals surface area contributed by atoms with E-state index < -0.39 is 5.60 Å². The van der Waals surface area contributed by atoms with Crippen LogP contribution in [0.4, 0.5) is 0 Å². The van der Waals surface area contributed by atoms with Gasteiger partial charge in [-0.15, -0.1) is 0 Å². The summed E-state index contributed by atoms with van der Waals surface area (Å²) in [5.41, 5.74) is -0.392. The number of ether oxygens (including phenoxy) is 2. The Hall–Kier alpha value is -0.570. The summed E-state index contributed by atoms with van der Waals surface area (Å²) in [5, 5.41) is 0. The standard InChI is InChI=1S/C14H26O3/c1-5-11-7-6-8-12(11)16-10-9-13(15)17-14(2,3)4/h11-12H,5-10H2,1-4H3/t11-,12-/m1/s1. The van der Waals surface area contributed by atoms with Gasteiger partial charge in [-0.25, -0.2) is 0 Å². The molecule has 100 valence electrons. The van der Waals surface area contributed by atoms with Gasteiger partial charge in [-0.1, -0.05) is 19.8 Å². The molecular formula is C14H26O3. The van der Waals surface area contributed by atoms with Gasteiger partial charge in [0.25, 0.3) is 0 Å². The van der Waals surface area contributed by atoms with Crippen molar-refractivity contribution >= 4 is 5.97 Å². The van der Waals surface area contributed by atoms with Crippen LogP contribution < -0.4 is 0 Å². The summed E-state index contributed by atoms with van der Waals surface area (Å²) < 4.78 is 11.0. The molecule has 0 radical (unpaired) electrons. The number of esters is 1. The Morgan fingerprint density at radius 2 is 2.00 bits per heavy atom. The molecule has 17 heavy (non-hydrogen) atoms. The molecule has 0 spiro atoms. The zero-order valence-corrected chi connectivity index (χ0v) is 11.6. The molecule has 0 aliphatic heterocycles. The van der Waals surface area contributed by atoms with E-state index >= 15 is 0 Å². The minimum absolute atomic E-state index is 0.163. The Morgan fingerprint density at radius 1 is 1.29 bits per heavy atom. The topological polar surface area (TPSA) is 35.5 Å². The maximum Gasteiger partial charge on any atom is 0.308 e. The lowest BCUT2D eigenvalue weighted by Crippen LogP contribution is -2.25. The maximum atomic E-state index is 11.5. The van der Waals surface area contributed by atoms with E-state index in [2.05, 4.69) is 6.92 Å². The van der Waals surface area contributed by atoms with E-state index in [1.165, 1.54) is 19.3 Å². The van der Waals surface area contributed by atoms with Crippen molar-refractivity contribution in [3.05, 3.63) is 0 Å². The summed E-state index contributed by atoms with van der Waals surface area (Å²) in [6, 6.07) is 0. The second-order valence-corrected chi connectivity index (χ2v) is 5.84. The first kappa shape index (κ1) is 14.5. The lowest BCUT2D eigenvalue weighted by molar-refractivity contribution is -0.156. The molecule has 1 saturated carbocycles. The zero-order valence-electron chi connectivity index (χ0n) is 11.6. The lowest BCUT2D eigenvalue weighted by Gasteiger charge is -2.21. The van der Waals surface area contributed by atoms with Gasteiger partial charge in [0.1, 0.15) is 5.60 Å². The molecule has 0 unspecified atom stereocenters. The van der Waals surface area contributed by atoms with Crippen LogP contribution in [0.2, 0.25) is 0 Å². The molecule has 3 nitrogen and oxygen atoms in total. The van der Waals surface area contributed by atoms with Crippen molar-refractivity contribution in [1.82, 2.24) is 0 Å². The minimum atomic E-state index is -0.392. The average Bonchev–Trinajstić information content (AvgIpc) is 2.62. The number of rotatable bonds is 5. The molecule has 0 heterocycles. The molecular weight excluding hydrogens is 216 g/mol. The molecule has 0 aromatic heterocycles. The van der Waals surface area contributed by atoms with Gasteiger partial charge in [-0.3, -0.25) is 4.79 Å². The first-order chi connectivity index (χ1) is 7.92. The van der Waals surface area contributed by atoms with E-state index in [1.54, 1.807) is 0 Å². The summed E-state index contributed by atoms with van der Waals surface area (Å²) in [7, 11) is 0. The van der Waals surface area contributed by atoms with Crippen LogP contribution in [0, 0.1) is 5.92 Å². The fourth-order valence-electron chi connectivity index (χ4n) is 2.38. The number of carbonyl (C=O) groups is 1. The van der Waals surface area contributed by atoms with Crippen molar-refractivity contribution in [3.63, 3.8) is 0 Å². The third-order valence-corrected chi connectivity index (χ3v) is 3.17. The summed E-state index contributed by atoms with van der Waals surface area (Å²) >= 11 is 0. The second-order valence-electron chi connectivity index (χ2n) is 5.84. The van der Waals surface area contributed by atoms with Gasteiger partial charge in [-0.2, -0.15) is 0 Å². The molecule has 2 atom stereocenters. The Kier molecular flexibility index (Phi) is 5.44. The Balaban J connectivity index is 2.17. The van der Waals surface area contributed by atoms with E-state index in [0.29, 0.717) is 25.0 Å². The van der Waals surface area contributed by atoms with Crippen LogP contribution in [-0.2, 0) is 14.3 Å². The molecule has 0 N–H and O–H groups in total. The summed E-state index contributed by atoms with van der Waals surface area (Å²) in [5.74, 6) is 0.525. The van der Waals surface area contributed by atoms with E-state index in [-0.39, 0.29) is 5.97 Å². The van der Waals surface area contributed by atoms with Crippen LogP contribution in [0.25, 0.3) is 0 Å².